The van der Waals surface area contributed by atoms with Crippen molar-refractivity contribution < 1.29 is 4.39 Å². The molecule has 0 saturated heterocycles. The highest BCUT2D eigenvalue weighted by atomic mass is 19.1. The van der Waals surface area contributed by atoms with Crippen LogP contribution in [0.1, 0.15) is 11.3 Å². The Balaban J connectivity index is 2.25. The van der Waals surface area contributed by atoms with E-state index < -0.39 is 5.82 Å². The van der Waals surface area contributed by atoms with Gasteiger partial charge in [-0.05, 0) is 18.6 Å². The van der Waals surface area contributed by atoms with Crippen molar-refractivity contribution >= 4 is 11.5 Å². The maximum absolute atomic E-state index is 13.9. The molecule has 0 unspecified atom stereocenters. The predicted octanol–water partition coefficient (Wildman–Crippen LogP) is 2.14. The number of aryl methyl sites for hydroxylation is 1. The summed E-state index contributed by atoms with van der Waals surface area (Å²) in [6.07, 6.45) is 1.36. The van der Waals surface area contributed by atoms with E-state index >= 15 is 0 Å². The summed E-state index contributed by atoms with van der Waals surface area (Å²) in [4.78, 5) is 9.49. The van der Waals surface area contributed by atoms with E-state index in [4.69, 9.17) is 5.73 Å². The lowest BCUT2D eigenvalue weighted by atomic mass is 10.1. The van der Waals surface area contributed by atoms with Gasteiger partial charge >= 0.3 is 0 Å². The lowest BCUT2D eigenvalue weighted by molar-refractivity contribution is 0.595. The number of rotatable bonds is 3. The second kappa shape index (κ2) is 5.00. The average molecular weight is 246 g/mol. The van der Waals surface area contributed by atoms with Gasteiger partial charge in [-0.2, -0.15) is 0 Å². The molecule has 4 nitrogen and oxygen atoms in total. The second-order valence-electron chi connectivity index (χ2n) is 4.15. The maximum Gasteiger partial charge on any atom is 0.186 e. The van der Waals surface area contributed by atoms with Crippen LogP contribution in [-0.2, 0) is 6.54 Å². The first kappa shape index (κ1) is 12.3. The molecule has 0 aliphatic rings. The van der Waals surface area contributed by atoms with E-state index in [1.807, 2.05) is 24.3 Å². The SMILES string of the molecule is Cc1ncnc(N(C)Cc2ccccc2N)c1F. The Labute approximate surface area is 105 Å². The summed E-state index contributed by atoms with van der Waals surface area (Å²) in [6.45, 7) is 2.12. The Morgan fingerprint density at radius 1 is 1.28 bits per heavy atom. The summed E-state index contributed by atoms with van der Waals surface area (Å²) in [7, 11) is 1.78. The maximum atomic E-state index is 13.9. The quantitative estimate of drug-likeness (QED) is 0.843. The molecule has 0 bridgehead atoms. The molecule has 0 atom stereocenters. The molecule has 2 rings (SSSR count). The van der Waals surface area contributed by atoms with E-state index in [2.05, 4.69) is 9.97 Å². The Kier molecular flexibility index (Phi) is 3.41. The van der Waals surface area contributed by atoms with Gasteiger partial charge in [0.1, 0.15) is 6.33 Å². The van der Waals surface area contributed by atoms with Gasteiger partial charge in [-0.25, -0.2) is 14.4 Å². The minimum absolute atomic E-state index is 0.283. The van der Waals surface area contributed by atoms with E-state index in [9.17, 15) is 4.39 Å². The minimum Gasteiger partial charge on any atom is -0.398 e. The number of nitrogens with two attached hydrogens (primary N) is 1. The van der Waals surface area contributed by atoms with Gasteiger partial charge in [-0.15, -0.1) is 0 Å². The first-order valence-corrected chi connectivity index (χ1v) is 5.61. The van der Waals surface area contributed by atoms with Gasteiger partial charge in [-0.3, -0.25) is 0 Å². The Bertz CT molecular complexity index is 556. The van der Waals surface area contributed by atoms with Crippen LogP contribution in [-0.4, -0.2) is 17.0 Å². The van der Waals surface area contributed by atoms with Crippen molar-refractivity contribution in [1.82, 2.24) is 9.97 Å². The summed E-state index contributed by atoms with van der Waals surface area (Å²) in [5.41, 5.74) is 7.83. The van der Waals surface area contributed by atoms with Crippen LogP contribution in [0.3, 0.4) is 0 Å². The molecular formula is C13H15FN4. The van der Waals surface area contributed by atoms with Gasteiger partial charge in [0.05, 0.1) is 5.69 Å². The Morgan fingerprint density at radius 2 is 2.00 bits per heavy atom. The molecular weight excluding hydrogens is 231 g/mol. The third-order valence-corrected chi connectivity index (χ3v) is 2.77. The summed E-state index contributed by atoms with van der Waals surface area (Å²) in [5.74, 6) is -0.111. The zero-order valence-corrected chi connectivity index (χ0v) is 10.4. The molecule has 1 aromatic heterocycles. The number of anilines is 2. The molecule has 0 saturated carbocycles. The highest BCUT2D eigenvalue weighted by molar-refractivity contribution is 5.49. The van der Waals surface area contributed by atoms with Crippen molar-refractivity contribution in [3.8, 4) is 0 Å². The summed E-state index contributed by atoms with van der Waals surface area (Å²) in [5, 5.41) is 0. The monoisotopic (exact) mass is 246 g/mol. The Hall–Kier alpha value is -2.17. The summed E-state index contributed by atoms with van der Waals surface area (Å²) in [6, 6.07) is 7.51. The van der Waals surface area contributed by atoms with Gasteiger partial charge in [0, 0.05) is 19.3 Å². The number of para-hydroxylation sites is 1. The largest absolute Gasteiger partial charge is 0.398 e. The number of hydrogen-bond donors (Lipinski definition) is 1. The van der Waals surface area contributed by atoms with E-state index in [0.717, 1.165) is 5.56 Å². The van der Waals surface area contributed by atoms with Gasteiger partial charge < -0.3 is 10.6 Å². The fourth-order valence-electron chi connectivity index (χ4n) is 1.72. The predicted molar refractivity (Wildman–Crippen MR) is 69.7 cm³/mol. The molecule has 1 aromatic carbocycles. The van der Waals surface area contributed by atoms with E-state index in [1.54, 1.807) is 18.9 Å². The van der Waals surface area contributed by atoms with E-state index in [0.29, 0.717) is 17.9 Å². The van der Waals surface area contributed by atoms with Crippen molar-refractivity contribution in [3.63, 3.8) is 0 Å². The van der Waals surface area contributed by atoms with Crippen LogP contribution in [0, 0.1) is 12.7 Å². The number of benzene rings is 1. The molecule has 94 valence electrons. The first-order chi connectivity index (χ1) is 8.59. The highest BCUT2D eigenvalue weighted by Gasteiger charge is 2.13. The number of hydrogen-bond acceptors (Lipinski definition) is 4. The number of nitrogen functional groups attached to an aromatic ring is 1. The first-order valence-electron chi connectivity index (χ1n) is 5.61. The lowest BCUT2D eigenvalue weighted by Gasteiger charge is -2.19. The van der Waals surface area contributed by atoms with Gasteiger partial charge in [0.15, 0.2) is 11.6 Å². The molecule has 0 fully saturated rings. The van der Waals surface area contributed by atoms with Crippen LogP contribution in [0.4, 0.5) is 15.9 Å². The highest BCUT2D eigenvalue weighted by Crippen LogP contribution is 2.20. The fraction of sp³-hybridized carbons (Fsp3) is 0.231. The van der Waals surface area contributed by atoms with Crippen LogP contribution in [0.15, 0.2) is 30.6 Å². The standard InChI is InChI=1S/C13H15FN4/c1-9-12(14)13(17-8-16-9)18(2)7-10-5-3-4-6-11(10)15/h3-6,8H,7,15H2,1-2H3. The molecule has 2 N–H and O–H groups in total. The molecule has 0 spiro atoms. The number of halogens is 1. The third-order valence-electron chi connectivity index (χ3n) is 2.77. The van der Waals surface area contributed by atoms with Crippen LogP contribution >= 0.6 is 0 Å². The van der Waals surface area contributed by atoms with Gasteiger partial charge in [-0.1, -0.05) is 18.2 Å². The zero-order valence-electron chi connectivity index (χ0n) is 10.4. The van der Waals surface area contributed by atoms with E-state index in [1.165, 1.54) is 6.33 Å². The lowest BCUT2D eigenvalue weighted by Crippen LogP contribution is -2.20. The van der Waals surface area contributed by atoms with Gasteiger partial charge in [0.25, 0.3) is 0 Å². The van der Waals surface area contributed by atoms with Crippen molar-refractivity contribution in [2.24, 2.45) is 0 Å². The number of nitrogens with zero attached hydrogens (tertiary/aromatic N) is 3. The van der Waals surface area contributed by atoms with Crippen molar-refractivity contribution in [2.75, 3.05) is 17.7 Å². The van der Waals surface area contributed by atoms with Crippen LogP contribution < -0.4 is 10.6 Å². The smallest absolute Gasteiger partial charge is 0.186 e. The van der Waals surface area contributed by atoms with Crippen molar-refractivity contribution in [3.05, 3.63) is 47.7 Å². The molecule has 0 aliphatic carbocycles. The average Bonchev–Trinajstić information content (AvgIpc) is 2.35. The molecule has 0 amide bonds. The Morgan fingerprint density at radius 3 is 2.72 bits per heavy atom. The van der Waals surface area contributed by atoms with Crippen LogP contribution in [0.5, 0.6) is 0 Å². The molecule has 1 heterocycles. The second-order valence-corrected chi connectivity index (χ2v) is 4.15. The van der Waals surface area contributed by atoms with Crippen LogP contribution in [0.2, 0.25) is 0 Å². The molecule has 0 radical (unpaired) electrons. The molecule has 2 aromatic rings. The minimum atomic E-state index is -0.394. The molecule has 0 aliphatic heterocycles. The third kappa shape index (κ3) is 2.40. The fourth-order valence-corrected chi connectivity index (χ4v) is 1.72. The van der Waals surface area contributed by atoms with Crippen molar-refractivity contribution in [1.29, 1.82) is 0 Å². The van der Waals surface area contributed by atoms with Crippen LogP contribution in [0.25, 0.3) is 0 Å². The molecule has 5 heteroatoms. The number of aromatic nitrogens is 2. The zero-order chi connectivity index (χ0) is 13.1. The summed E-state index contributed by atoms with van der Waals surface area (Å²) < 4.78 is 13.9. The van der Waals surface area contributed by atoms with Crippen molar-refractivity contribution in [2.45, 2.75) is 13.5 Å². The summed E-state index contributed by atoms with van der Waals surface area (Å²) >= 11 is 0. The van der Waals surface area contributed by atoms with Gasteiger partial charge in [0.2, 0.25) is 0 Å². The topological polar surface area (TPSA) is 55.0 Å². The molecule has 18 heavy (non-hydrogen) atoms. The van der Waals surface area contributed by atoms with E-state index in [-0.39, 0.29) is 5.82 Å². The normalized spacial score (nSPS) is 10.4.